The van der Waals surface area contributed by atoms with Crippen LogP contribution in [0.5, 0.6) is 0 Å². The molecule has 1 atom stereocenters. The van der Waals surface area contributed by atoms with E-state index >= 15 is 0 Å². The molecule has 0 spiro atoms. The van der Waals surface area contributed by atoms with Crippen LogP contribution in [0.25, 0.3) is 0 Å². The van der Waals surface area contributed by atoms with Crippen LogP contribution >= 0.6 is 23.2 Å². The quantitative estimate of drug-likeness (QED) is 0.737. The molecule has 0 fully saturated rings. The van der Waals surface area contributed by atoms with E-state index < -0.39 is 5.82 Å². The molecule has 88 valence electrons. The molecule has 4 heteroatoms. The number of alkyl halides is 1. The van der Waals surface area contributed by atoms with Crippen molar-refractivity contribution in [3.63, 3.8) is 0 Å². The summed E-state index contributed by atoms with van der Waals surface area (Å²) in [5.41, 5.74) is 0.858. The van der Waals surface area contributed by atoms with Crippen molar-refractivity contribution in [3.05, 3.63) is 34.6 Å². The van der Waals surface area contributed by atoms with Crippen LogP contribution in [0.1, 0.15) is 18.9 Å². The summed E-state index contributed by atoms with van der Waals surface area (Å²) in [6.45, 7) is 1.54. The highest BCUT2D eigenvalue weighted by molar-refractivity contribution is 6.30. The highest BCUT2D eigenvalue weighted by Crippen LogP contribution is 2.20. The third-order valence-electron chi connectivity index (χ3n) is 2.50. The molecular formula is C12H13Cl2FO. The number of hydrogen-bond acceptors (Lipinski definition) is 1. The summed E-state index contributed by atoms with van der Waals surface area (Å²) in [5.74, 6) is -0.0126. The Balaban J connectivity index is 2.77. The second kappa shape index (κ2) is 6.21. The van der Waals surface area contributed by atoms with E-state index in [4.69, 9.17) is 23.2 Å². The first-order valence-corrected chi connectivity index (χ1v) is 5.96. The van der Waals surface area contributed by atoms with E-state index in [9.17, 15) is 9.18 Å². The van der Waals surface area contributed by atoms with Gasteiger partial charge in [0, 0.05) is 11.8 Å². The second-order valence-electron chi connectivity index (χ2n) is 3.74. The highest BCUT2D eigenvalue weighted by Gasteiger charge is 2.14. The Bertz CT molecular complexity index is 379. The molecule has 1 aromatic carbocycles. The van der Waals surface area contributed by atoms with Crippen molar-refractivity contribution in [2.75, 3.05) is 5.88 Å². The predicted octanol–water partition coefficient (Wildman–Crippen LogP) is 3.86. The van der Waals surface area contributed by atoms with Crippen LogP contribution < -0.4 is 0 Å². The van der Waals surface area contributed by atoms with Gasteiger partial charge in [-0.25, -0.2) is 4.39 Å². The Labute approximate surface area is 105 Å². The fourth-order valence-corrected chi connectivity index (χ4v) is 2.00. The molecular weight excluding hydrogens is 250 g/mol. The summed E-state index contributed by atoms with van der Waals surface area (Å²) in [6, 6.07) is 4.52. The van der Waals surface area contributed by atoms with E-state index in [-0.39, 0.29) is 16.7 Å². The Morgan fingerprint density at radius 3 is 2.69 bits per heavy atom. The summed E-state index contributed by atoms with van der Waals surface area (Å²) in [4.78, 5) is 11.3. The van der Waals surface area contributed by atoms with Crippen LogP contribution in [0.2, 0.25) is 5.02 Å². The van der Waals surface area contributed by atoms with Crippen LogP contribution in [-0.4, -0.2) is 11.7 Å². The van der Waals surface area contributed by atoms with Crippen molar-refractivity contribution in [2.24, 2.45) is 5.92 Å². The number of benzene rings is 1. The molecule has 0 saturated heterocycles. The summed E-state index contributed by atoms with van der Waals surface area (Å²) in [5, 5.41) is 0.0886. The minimum absolute atomic E-state index is 0.0886. The largest absolute Gasteiger partial charge is 0.300 e. The smallest absolute Gasteiger partial charge is 0.141 e. The zero-order valence-electron chi connectivity index (χ0n) is 8.97. The zero-order valence-corrected chi connectivity index (χ0v) is 10.5. The van der Waals surface area contributed by atoms with Crippen LogP contribution in [0.4, 0.5) is 4.39 Å². The van der Waals surface area contributed by atoms with Crippen molar-refractivity contribution < 1.29 is 9.18 Å². The zero-order chi connectivity index (χ0) is 12.1. The third kappa shape index (κ3) is 3.76. The van der Waals surface area contributed by atoms with Crippen LogP contribution in [0.15, 0.2) is 18.2 Å². The van der Waals surface area contributed by atoms with Gasteiger partial charge in [-0.05, 0) is 37.5 Å². The first kappa shape index (κ1) is 13.5. The fraction of sp³-hybridized carbons (Fsp3) is 0.417. The van der Waals surface area contributed by atoms with E-state index in [1.165, 1.54) is 6.07 Å². The molecule has 0 saturated carbocycles. The third-order valence-corrected chi connectivity index (χ3v) is 3.01. The lowest BCUT2D eigenvalue weighted by atomic mass is 9.93. The van der Waals surface area contributed by atoms with Gasteiger partial charge >= 0.3 is 0 Å². The number of halogens is 3. The van der Waals surface area contributed by atoms with Gasteiger partial charge in [0.05, 0.1) is 5.02 Å². The summed E-state index contributed by atoms with van der Waals surface area (Å²) in [7, 11) is 0. The van der Waals surface area contributed by atoms with Gasteiger partial charge in [-0.3, -0.25) is 4.79 Å². The first-order valence-electron chi connectivity index (χ1n) is 5.05. The summed E-state index contributed by atoms with van der Waals surface area (Å²) < 4.78 is 12.9. The summed E-state index contributed by atoms with van der Waals surface area (Å²) >= 11 is 11.3. The predicted molar refractivity (Wildman–Crippen MR) is 64.6 cm³/mol. The first-order chi connectivity index (χ1) is 7.54. The van der Waals surface area contributed by atoms with Crippen molar-refractivity contribution >= 4 is 29.0 Å². The lowest BCUT2D eigenvalue weighted by Crippen LogP contribution is -2.14. The van der Waals surface area contributed by atoms with Gasteiger partial charge in [-0.15, -0.1) is 11.6 Å². The van der Waals surface area contributed by atoms with E-state index in [1.54, 1.807) is 19.1 Å². The van der Waals surface area contributed by atoms with E-state index in [0.29, 0.717) is 18.7 Å². The summed E-state index contributed by atoms with van der Waals surface area (Å²) in [6.07, 6.45) is 1.19. The van der Waals surface area contributed by atoms with Crippen LogP contribution in [0, 0.1) is 11.7 Å². The average Bonchev–Trinajstić information content (AvgIpc) is 2.22. The molecule has 0 aliphatic heterocycles. The molecule has 1 nitrogen and oxygen atoms in total. The topological polar surface area (TPSA) is 17.1 Å². The number of carbonyl (C=O) groups excluding carboxylic acids is 1. The van der Waals surface area contributed by atoms with Gasteiger partial charge in [0.15, 0.2) is 0 Å². The number of ketones is 1. The van der Waals surface area contributed by atoms with Gasteiger partial charge in [-0.1, -0.05) is 17.7 Å². The van der Waals surface area contributed by atoms with Gasteiger partial charge in [0.2, 0.25) is 0 Å². The van der Waals surface area contributed by atoms with Crippen molar-refractivity contribution in [2.45, 2.75) is 19.8 Å². The highest BCUT2D eigenvalue weighted by atomic mass is 35.5. The van der Waals surface area contributed by atoms with Crippen LogP contribution in [-0.2, 0) is 11.2 Å². The lowest BCUT2D eigenvalue weighted by molar-refractivity contribution is -0.120. The molecule has 0 bridgehead atoms. The second-order valence-corrected chi connectivity index (χ2v) is 4.52. The lowest BCUT2D eigenvalue weighted by Gasteiger charge is -2.12. The molecule has 1 rings (SSSR count). The minimum Gasteiger partial charge on any atom is -0.300 e. The van der Waals surface area contributed by atoms with Gasteiger partial charge < -0.3 is 0 Å². The maximum atomic E-state index is 12.9. The molecule has 0 aromatic heterocycles. The standard InChI is InChI=1S/C12H13Cl2FO/c1-8(16)10(4-5-13)6-9-2-3-12(15)11(14)7-9/h2-3,7,10H,4-6H2,1H3. The minimum atomic E-state index is -0.442. The molecule has 0 radical (unpaired) electrons. The van der Waals surface area contributed by atoms with Crippen molar-refractivity contribution in [3.8, 4) is 0 Å². The molecule has 1 aromatic rings. The Morgan fingerprint density at radius 1 is 1.50 bits per heavy atom. The Morgan fingerprint density at radius 2 is 2.19 bits per heavy atom. The molecule has 0 aliphatic carbocycles. The number of rotatable bonds is 5. The number of carbonyl (C=O) groups is 1. The maximum absolute atomic E-state index is 12.9. The van der Waals surface area contributed by atoms with Crippen molar-refractivity contribution in [1.82, 2.24) is 0 Å². The van der Waals surface area contributed by atoms with Crippen molar-refractivity contribution in [1.29, 1.82) is 0 Å². The van der Waals surface area contributed by atoms with E-state index in [0.717, 1.165) is 5.56 Å². The maximum Gasteiger partial charge on any atom is 0.141 e. The SMILES string of the molecule is CC(=O)C(CCCl)Cc1ccc(F)c(Cl)c1. The van der Waals surface area contributed by atoms with Crippen LogP contribution in [0.3, 0.4) is 0 Å². The monoisotopic (exact) mass is 262 g/mol. The van der Waals surface area contributed by atoms with E-state index in [2.05, 4.69) is 0 Å². The number of Topliss-reactive ketones (excluding diaryl/α,β-unsaturated/α-hetero) is 1. The normalized spacial score (nSPS) is 12.5. The van der Waals surface area contributed by atoms with Gasteiger partial charge in [0.1, 0.15) is 11.6 Å². The molecule has 0 N–H and O–H groups in total. The fourth-order valence-electron chi connectivity index (χ4n) is 1.53. The van der Waals surface area contributed by atoms with E-state index in [1.807, 2.05) is 0 Å². The Hall–Kier alpha value is -0.600. The number of hydrogen-bond donors (Lipinski definition) is 0. The molecule has 0 aliphatic rings. The van der Waals surface area contributed by atoms with Gasteiger partial charge in [0.25, 0.3) is 0 Å². The molecule has 1 unspecified atom stereocenters. The molecule has 0 heterocycles. The van der Waals surface area contributed by atoms with Gasteiger partial charge in [-0.2, -0.15) is 0 Å². The molecule has 16 heavy (non-hydrogen) atoms. The average molecular weight is 263 g/mol. The Kier molecular flexibility index (Phi) is 5.23. The molecule has 0 amide bonds.